The number of carbonyl (C=O) groups is 1. The van der Waals surface area contributed by atoms with Gasteiger partial charge < -0.3 is 5.32 Å². The number of hydrogen-bond acceptors (Lipinski definition) is 3. The highest BCUT2D eigenvalue weighted by Crippen LogP contribution is 2.29. The van der Waals surface area contributed by atoms with Crippen molar-refractivity contribution >= 4 is 23.2 Å². The van der Waals surface area contributed by atoms with Crippen LogP contribution in [0.3, 0.4) is 0 Å². The number of nitrogens with zero attached hydrogens (tertiary/aromatic N) is 1. The third-order valence-corrected chi connectivity index (χ3v) is 4.13. The van der Waals surface area contributed by atoms with Crippen molar-refractivity contribution in [3.63, 3.8) is 0 Å². The number of benzene rings is 1. The van der Waals surface area contributed by atoms with Crippen LogP contribution in [-0.4, -0.2) is 16.4 Å². The van der Waals surface area contributed by atoms with Crippen molar-refractivity contribution in [2.45, 2.75) is 45.6 Å². The number of halogens is 1. The predicted molar refractivity (Wildman–Crippen MR) is 79.2 cm³/mol. The minimum Gasteiger partial charge on any atom is -0.346 e. The summed E-state index contributed by atoms with van der Waals surface area (Å²) in [6.07, 6.45) is 2.29. The average molecular weight is 299 g/mol. The topological polar surface area (TPSA) is 72.2 Å². The van der Waals surface area contributed by atoms with Gasteiger partial charge in [-0.2, -0.15) is 0 Å². The van der Waals surface area contributed by atoms with E-state index < -0.39 is 10.8 Å². The van der Waals surface area contributed by atoms with Gasteiger partial charge >= 0.3 is 5.69 Å². The normalized spacial score (nSPS) is 11.2. The SMILES string of the molecule is CCC(CC)(CC)NC(=O)c1cccc(Cl)c1[N+](=O)[O-]. The van der Waals surface area contributed by atoms with E-state index in [1.165, 1.54) is 18.2 Å². The van der Waals surface area contributed by atoms with Gasteiger partial charge in [0.25, 0.3) is 5.91 Å². The molecule has 5 nitrogen and oxygen atoms in total. The average Bonchev–Trinajstić information content (AvgIpc) is 2.44. The zero-order chi connectivity index (χ0) is 15.3. The molecule has 1 rings (SSSR count). The lowest BCUT2D eigenvalue weighted by molar-refractivity contribution is -0.385. The standard InChI is InChI=1S/C14H19ClN2O3/c1-4-14(5-2,6-3)16-13(18)10-8-7-9-11(15)12(10)17(19)20/h7-9H,4-6H2,1-3H3,(H,16,18). The molecule has 0 aliphatic heterocycles. The number of amides is 1. The molecule has 0 radical (unpaired) electrons. The number of nitrogens with one attached hydrogen (secondary N) is 1. The van der Waals surface area contributed by atoms with E-state index in [1.807, 2.05) is 20.8 Å². The van der Waals surface area contributed by atoms with Crippen molar-refractivity contribution in [3.05, 3.63) is 38.9 Å². The van der Waals surface area contributed by atoms with Gasteiger partial charge in [0.1, 0.15) is 10.6 Å². The summed E-state index contributed by atoms with van der Waals surface area (Å²) in [6.45, 7) is 5.96. The molecule has 0 saturated carbocycles. The molecular formula is C14H19ClN2O3. The summed E-state index contributed by atoms with van der Waals surface area (Å²) in [5, 5.41) is 13.9. The van der Waals surface area contributed by atoms with Crippen molar-refractivity contribution in [2.24, 2.45) is 0 Å². The van der Waals surface area contributed by atoms with Crippen molar-refractivity contribution < 1.29 is 9.72 Å². The number of hydrogen-bond donors (Lipinski definition) is 1. The summed E-state index contributed by atoms with van der Waals surface area (Å²) in [6, 6.07) is 4.37. The second-order valence-corrected chi connectivity index (χ2v) is 5.10. The van der Waals surface area contributed by atoms with E-state index in [1.54, 1.807) is 0 Å². The van der Waals surface area contributed by atoms with Crippen LogP contribution >= 0.6 is 11.6 Å². The smallest absolute Gasteiger partial charge is 0.300 e. The van der Waals surface area contributed by atoms with E-state index in [-0.39, 0.29) is 21.8 Å². The van der Waals surface area contributed by atoms with E-state index in [0.29, 0.717) is 0 Å². The number of rotatable bonds is 6. The van der Waals surface area contributed by atoms with E-state index in [4.69, 9.17) is 11.6 Å². The lowest BCUT2D eigenvalue weighted by Gasteiger charge is -2.31. The molecule has 0 aromatic heterocycles. The summed E-state index contributed by atoms with van der Waals surface area (Å²) < 4.78 is 0. The first-order valence-corrected chi connectivity index (χ1v) is 7.04. The third-order valence-electron chi connectivity index (χ3n) is 3.82. The Morgan fingerprint density at radius 2 is 1.85 bits per heavy atom. The second kappa shape index (κ2) is 6.70. The van der Waals surface area contributed by atoms with Gasteiger partial charge in [-0.3, -0.25) is 14.9 Å². The molecule has 20 heavy (non-hydrogen) atoms. The molecule has 0 saturated heterocycles. The van der Waals surface area contributed by atoms with Crippen molar-refractivity contribution in [3.8, 4) is 0 Å². The molecule has 1 aromatic carbocycles. The third kappa shape index (κ3) is 3.28. The molecule has 0 fully saturated rings. The molecule has 1 aromatic rings. The minimum absolute atomic E-state index is 0.00206. The fraction of sp³-hybridized carbons (Fsp3) is 0.500. The van der Waals surface area contributed by atoms with Crippen LogP contribution in [0.15, 0.2) is 18.2 Å². The summed E-state index contributed by atoms with van der Waals surface area (Å²) in [4.78, 5) is 22.8. The number of para-hydroxylation sites is 1. The molecule has 110 valence electrons. The zero-order valence-corrected chi connectivity index (χ0v) is 12.7. The van der Waals surface area contributed by atoms with Crippen LogP contribution in [0.1, 0.15) is 50.4 Å². The number of carbonyl (C=O) groups excluding carboxylic acids is 1. The lowest BCUT2D eigenvalue weighted by Crippen LogP contribution is -2.47. The molecule has 6 heteroatoms. The molecule has 0 heterocycles. The summed E-state index contributed by atoms with van der Waals surface area (Å²) in [5.41, 5.74) is -0.682. The minimum atomic E-state index is -0.622. The van der Waals surface area contributed by atoms with Gasteiger partial charge in [0.15, 0.2) is 0 Å². The van der Waals surface area contributed by atoms with E-state index >= 15 is 0 Å². The van der Waals surface area contributed by atoms with Gasteiger partial charge in [-0.05, 0) is 31.4 Å². The van der Waals surface area contributed by atoms with Gasteiger partial charge in [0, 0.05) is 5.54 Å². The Morgan fingerprint density at radius 3 is 2.30 bits per heavy atom. The van der Waals surface area contributed by atoms with Crippen LogP contribution in [0.25, 0.3) is 0 Å². The monoisotopic (exact) mass is 298 g/mol. The molecular weight excluding hydrogens is 280 g/mol. The van der Waals surface area contributed by atoms with Gasteiger partial charge in [-0.1, -0.05) is 38.4 Å². The van der Waals surface area contributed by atoms with Crippen molar-refractivity contribution in [2.75, 3.05) is 0 Å². The van der Waals surface area contributed by atoms with Crippen LogP contribution in [0.2, 0.25) is 5.02 Å². The Labute approximate surface area is 123 Å². The predicted octanol–water partition coefficient (Wildman–Crippen LogP) is 3.95. The number of nitro benzene ring substituents is 1. The Hall–Kier alpha value is -1.62. The van der Waals surface area contributed by atoms with Gasteiger partial charge in [-0.15, -0.1) is 0 Å². The molecule has 1 amide bonds. The molecule has 0 unspecified atom stereocenters. The fourth-order valence-corrected chi connectivity index (χ4v) is 2.45. The summed E-state index contributed by atoms with van der Waals surface area (Å²) in [7, 11) is 0. The highest BCUT2D eigenvalue weighted by Gasteiger charge is 2.30. The molecule has 0 aliphatic rings. The first kappa shape index (κ1) is 16.4. The van der Waals surface area contributed by atoms with Crippen LogP contribution in [0.4, 0.5) is 5.69 Å². The first-order chi connectivity index (χ1) is 9.40. The zero-order valence-electron chi connectivity index (χ0n) is 11.9. The largest absolute Gasteiger partial charge is 0.346 e. The van der Waals surface area contributed by atoms with Crippen LogP contribution < -0.4 is 5.32 Å². The Bertz CT molecular complexity index is 505. The quantitative estimate of drug-likeness (QED) is 0.638. The maximum atomic E-state index is 12.3. The second-order valence-electron chi connectivity index (χ2n) is 4.69. The summed E-state index contributed by atoms with van der Waals surface area (Å²) in [5.74, 6) is -0.454. The fourth-order valence-electron chi connectivity index (χ4n) is 2.21. The Balaban J connectivity index is 3.16. The van der Waals surface area contributed by atoms with Crippen molar-refractivity contribution in [1.82, 2.24) is 5.32 Å². The maximum Gasteiger partial charge on any atom is 0.300 e. The molecule has 0 spiro atoms. The van der Waals surface area contributed by atoms with E-state index in [2.05, 4.69) is 5.32 Å². The van der Waals surface area contributed by atoms with Gasteiger partial charge in [0.2, 0.25) is 0 Å². The van der Waals surface area contributed by atoms with Gasteiger partial charge in [0.05, 0.1) is 4.92 Å². The highest BCUT2D eigenvalue weighted by atomic mass is 35.5. The summed E-state index contributed by atoms with van der Waals surface area (Å²) >= 11 is 5.82. The molecule has 0 aliphatic carbocycles. The molecule has 1 N–H and O–H groups in total. The first-order valence-electron chi connectivity index (χ1n) is 6.66. The van der Waals surface area contributed by atoms with Crippen LogP contribution in [-0.2, 0) is 0 Å². The van der Waals surface area contributed by atoms with E-state index in [9.17, 15) is 14.9 Å². The molecule has 0 bridgehead atoms. The van der Waals surface area contributed by atoms with Crippen molar-refractivity contribution in [1.29, 1.82) is 0 Å². The van der Waals surface area contributed by atoms with E-state index in [0.717, 1.165) is 19.3 Å². The lowest BCUT2D eigenvalue weighted by atomic mass is 9.89. The van der Waals surface area contributed by atoms with Crippen LogP contribution in [0.5, 0.6) is 0 Å². The maximum absolute atomic E-state index is 12.3. The Morgan fingerprint density at radius 1 is 1.30 bits per heavy atom. The Kier molecular flexibility index (Phi) is 5.51. The number of nitro groups is 1. The van der Waals surface area contributed by atoms with Crippen LogP contribution in [0, 0.1) is 10.1 Å². The van der Waals surface area contributed by atoms with Gasteiger partial charge in [-0.25, -0.2) is 0 Å². The molecule has 0 atom stereocenters. The highest BCUT2D eigenvalue weighted by molar-refractivity contribution is 6.33.